The molecular weight excluding hydrogens is 292 g/mol. The highest BCUT2D eigenvalue weighted by Crippen LogP contribution is 2.15. The number of hydrogen-bond acceptors (Lipinski definition) is 4. The van der Waals surface area contributed by atoms with Crippen LogP contribution < -0.4 is 5.32 Å². The van der Waals surface area contributed by atoms with Crippen molar-refractivity contribution in [1.29, 1.82) is 0 Å². The first-order valence-corrected chi connectivity index (χ1v) is 7.26. The molecule has 7 nitrogen and oxygen atoms in total. The molecule has 23 heavy (non-hydrogen) atoms. The van der Waals surface area contributed by atoms with Crippen LogP contribution in [0.2, 0.25) is 0 Å². The summed E-state index contributed by atoms with van der Waals surface area (Å²) in [7, 11) is 3.68. The molecule has 0 aromatic carbocycles. The van der Waals surface area contributed by atoms with E-state index in [0.29, 0.717) is 12.2 Å². The van der Waals surface area contributed by atoms with E-state index in [2.05, 4.69) is 20.5 Å². The Morgan fingerprint density at radius 3 is 2.65 bits per heavy atom. The van der Waals surface area contributed by atoms with Crippen molar-refractivity contribution in [3.05, 3.63) is 53.7 Å². The number of pyridine rings is 1. The van der Waals surface area contributed by atoms with E-state index in [1.54, 1.807) is 27.8 Å². The Morgan fingerprint density at radius 2 is 2.09 bits per heavy atom. The normalized spacial score (nSPS) is 10.7. The maximum Gasteiger partial charge on any atom is 0.272 e. The Hall–Kier alpha value is -2.96. The monoisotopic (exact) mass is 310 g/mol. The lowest BCUT2D eigenvalue weighted by Gasteiger charge is -2.04. The first-order valence-electron chi connectivity index (χ1n) is 7.26. The zero-order valence-electron chi connectivity index (χ0n) is 13.3. The Kier molecular flexibility index (Phi) is 3.92. The van der Waals surface area contributed by atoms with Crippen molar-refractivity contribution in [2.75, 3.05) is 0 Å². The molecule has 3 rings (SSSR count). The van der Waals surface area contributed by atoms with Crippen LogP contribution in [0.5, 0.6) is 0 Å². The number of amides is 1. The largest absolute Gasteiger partial charge is 0.347 e. The maximum absolute atomic E-state index is 12.1. The van der Waals surface area contributed by atoms with Gasteiger partial charge in [-0.1, -0.05) is 6.07 Å². The Labute approximate surface area is 134 Å². The molecule has 0 spiro atoms. The number of carbonyl (C=O) groups excluding carboxylic acids is 1. The van der Waals surface area contributed by atoms with Crippen LogP contribution >= 0.6 is 0 Å². The number of rotatable bonds is 4. The molecule has 118 valence electrons. The second kappa shape index (κ2) is 6.04. The number of hydrogen-bond donors (Lipinski definition) is 1. The lowest BCUT2D eigenvalue weighted by molar-refractivity contribution is 0.0945. The number of nitrogens with zero attached hydrogens (tertiary/aromatic N) is 5. The van der Waals surface area contributed by atoms with Gasteiger partial charge in [-0.2, -0.15) is 10.2 Å². The van der Waals surface area contributed by atoms with Gasteiger partial charge in [0.05, 0.1) is 11.9 Å². The Balaban J connectivity index is 1.63. The highest BCUT2D eigenvalue weighted by Gasteiger charge is 2.10. The molecule has 7 heteroatoms. The average Bonchev–Trinajstić information content (AvgIpc) is 3.12. The molecule has 0 aliphatic rings. The summed E-state index contributed by atoms with van der Waals surface area (Å²) >= 11 is 0. The van der Waals surface area contributed by atoms with Crippen molar-refractivity contribution in [3.8, 4) is 11.3 Å². The van der Waals surface area contributed by atoms with Gasteiger partial charge < -0.3 is 5.32 Å². The van der Waals surface area contributed by atoms with Gasteiger partial charge in [-0.05, 0) is 24.6 Å². The van der Waals surface area contributed by atoms with E-state index in [9.17, 15) is 4.79 Å². The van der Waals surface area contributed by atoms with Gasteiger partial charge in [-0.25, -0.2) is 0 Å². The van der Waals surface area contributed by atoms with Crippen LogP contribution in [0, 0.1) is 6.92 Å². The third kappa shape index (κ3) is 3.28. The van der Waals surface area contributed by atoms with Crippen LogP contribution in [0.4, 0.5) is 0 Å². The zero-order valence-corrected chi connectivity index (χ0v) is 13.3. The second-order valence-electron chi connectivity index (χ2n) is 5.43. The summed E-state index contributed by atoms with van der Waals surface area (Å²) < 4.78 is 3.42. The smallest absolute Gasteiger partial charge is 0.272 e. The molecule has 1 amide bonds. The van der Waals surface area contributed by atoms with E-state index in [-0.39, 0.29) is 5.91 Å². The number of aryl methyl sites for hydroxylation is 3. The van der Waals surface area contributed by atoms with E-state index in [0.717, 1.165) is 22.5 Å². The molecule has 3 aromatic heterocycles. The van der Waals surface area contributed by atoms with Crippen molar-refractivity contribution in [2.45, 2.75) is 13.5 Å². The lowest BCUT2D eigenvalue weighted by Crippen LogP contribution is -2.23. The van der Waals surface area contributed by atoms with Gasteiger partial charge in [0.2, 0.25) is 0 Å². The Morgan fingerprint density at radius 1 is 1.26 bits per heavy atom. The number of nitrogens with one attached hydrogen (secondary N) is 1. The molecular formula is C16H18N6O. The summed E-state index contributed by atoms with van der Waals surface area (Å²) in [4.78, 5) is 16.5. The van der Waals surface area contributed by atoms with Crippen LogP contribution in [0.25, 0.3) is 11.3 Å². The van der Waals surface area contributed by atoms with Gasteiger partial charge in [0.1, 0.15) is 5.69 Å². The van der Waals surface area contributed by atoms with Crippen LogP contribution in [0.15, 0.2) is 36.8 Å². The highest BCUT2D eigenvalue weighted by atomic mass is 16.1. The molecule has 0 saturated heterocycles. The van der Waals surface area contributed by atoms with Gasteiger partial charge in [-0.15, -0.1) is 0 Å². The van der Waals surface area contributed by atoms with E-state index < -0.39 is 0 Å². The van der Waals surface area contributed by atoms with Gasteiger partial charge in [-0.3, -0.25) is 19.1 Å². The molecule has 0 radical (unpaired) electrons. The fourth-order valence-electron chi connectivity index (χ4n) is 2.20. The molecule has 3 aromatic rings. The third-order valence-electron chi connectivity index (χ3n) is 3.62. The van der Waals surface area contributed by atoms with Crippen molar-refractivity contribution < 1.29 is 4.79 Å². The standard InChI is InChI=1S/C16H18N6O/c1-11-6-15(20-22(11)3)16(23)18-8-12-4-5-14(17-7-12)13-9-19-21(2)10-13/h4-7,9-10H,8H2,1-3H3,(H,18,23). The van der Waals surface area contributed by atoms with Gasteiger partial charge >= 0.3 is 0 Å². The predicted octanol–water partition coefficient (Wildman–Crippen LogP) is 1.45. The fourth-order valence-corrected chi connectivity index (χ4v) is 2.20. The van der Waals surface area contributed by atoms with Crippen molar-refractivity contribution in [1.82, 2.24) is 29.9 Å². The molecule has 0 unspecified atom stereocenters. The average molecular weight is 310 g/mol. The molecule has 0 aliphatic carbocycles. The summed E-state index contributed by atoms with van der Waals surface area (Å²) in [6, 6.07) is 5.63. The van der Waals surface area contributed by atoms with Crippen LogP contribution in [-0.2, 0) is 20.6 Å². The maximum atomic E-state index is 12.1. The van der Waals surface area contributed by atoms with Gasteiger partial charge in [0.25, 0.3) is 5.91 Å². The predicted molar refractivity (Wildman–Crippen MR) is 85.6 cm³/mol. The van der Waals surface area contributed by atoms with Crippen LogP contribution in [-0.4, -0.2) is 30.5 Å². The summed E-state index contributed by atoms with van der Waals surface area (Å²) in [5.41, 5.74) is 4.11. The first kappa shape index (κ1) is 15.0. The minimum absolute atomic E-state index is 0.190. The molecule has 0 fully saturated rings. The molecule has 0 aliphatic heterocycles. The summed E-state index contributed by atoms with van der Waals surface area (Å²) in [6.45, 7) is 2.32. The van der Waals surface area contributed by atoms with E-state index in [4.69, 9.17) is 0 Å². The highest BCUT2D eigenvalue weighted by molar-refractivity contribution is 5.92. The zero-order chi connectivity index (χ0) is 16.4. The minimum atomic E-state index is -0.190. The Bertz CT molecular complexity index is 811. The number of aromatic nitrogens is 5. The van der Waals surface area contributed by atoms with Gasteiger partial charge in [0, 0.05) is 44.3 Å². The lowest BCUT2D eigenvalue weighted by atomic mass is 10.2. The third-order valence-corrected chi connectivity index (χ3v) is 3.62. The van der Waals surface area contributed by atoms with Crippen molar-refractivity contribution in [3.63, 3.8) is 0 Å². The van der Waals surface area contributed by atoms with Crippen LogP contribution in [0.3, 0.4) is 0 Å². The summed E-state index contributed by atoms with van der Waals surface area (Å²) in [5, 5.41) is 11.1. The minimum Gasteiger partial charge on any atom is -0.347 e. The SMILES string of the molecule is Cc1cc(C(=O)NCc2ccc(-c3cnn(C)c3)nc2)nn1C. The van der Waals surface area contributed by atoms with E-state index >= 15 is 0 Å². The van der Waals surface area contributed by atoms with Gasteiger partial charge in [0.15, 0.2) is 0 Å². The number of carbonyl (C=O) groups is 1. The molecule has 0 saturated carbocycles. The van der Waals surface area contributed by atoms with E-state index in [1.807, 2.05) is 39.3 Å². The molecule has 0 bridgehead atoms. The second-order valence-corrected chi connectivity index (χ2v) is 5.43. The summed E-state index contributed by atoms with van der Waals surface area (Å²) in [6.07, 6.45) is 5.44. The van der Waals surface area contributed by atoms with Crippen molar-refractivity contribution in [2.24, 2.45) is 14.1 Å². The van der Waals surface area contributed by atoms with E-state index in [1.165, 1.54) is 0 Å². The molecule has 1 N–H and O–H groups in total. The topological polar surface area (TPSA) is 77.6 Å². The molecule has 0 atom stereocenters. The van der Waals surface area contributed by atoms with Crippen LogP contribution in [0.1, 0.15) is 21.7 Å². The first-order chi connectivity index (χ1) is 11.0. The fraction of sp³-hybridized carbons (Fsp3) is 0.250. The summed E-state index contributed by atoms with van der Waals surface area (Å²) in [5.74, 6) is -0.190. The molecule has 3 heterocycles. The quantitative estimate of drug-likeness (QED) is 0.791. The van der Waals surface area contributed by atoms with Crippen molar-refractivity contribution >= 4 is 5.91 Å².